The van der Waals surface area contributed by atoms with E-state index in [1.54, 1.807) is 0 Å². The largest absolute Gasteiger partial charge is 0.310 e. The van der Waals surface area contributed by atoms with E-state index in [2.05, 4.69) is 50.0 Å². The third-order valence-corrected chi connectivity index (χ3v) is 2.52. The first-order valence-electron chi connectivity index (χ1n) is 5.68. The van der Waals surface area contributed by atoms with E-state index in [1.165, 1.54) is 17.5 Å². The summed E-state index contributed by atoms with van der Waals surface area (Å²) in [5, 5.41) is 3.53. The van der Waals surface area contributed by atoms with Crippen molar-refractivity contribution in [3.05, 3.63) is 48.0 Å². The zero-order valence-corrected chi connectivity index (χ0v) is 9.79. The van der Waals surface area contributed by atoms with Gasteiger partial charge >= 0.3 is 0 Å². The lowest BCUT2D eigenvalue weighted by molar-refractivity contribution is 0.537. The number of hydrogen-bond acceptors (Lipinski definition) is 1. The van der Waals surface area contributed by atoms with Crippen LogP contribution in [-0.2, 0) is 0 Å². The molecule has 1 aromatic carbocycles. The van der Waals surface area contributed by atoms with Gasteiger partial charge < -0.3 is 5.32 Å². The van der Waals surface area contributed by atoms with Crippen molar-refractivity contribution in [2.75, 3.05) is 6.54 Å². The van der Waals surface area contributed by atoms with E-state index in [9.17, 15) is 0 Å². The molecule has 0 fully saturated rings. The molecule has 0 aliphatic rings. The van der Waals surface area contributed by atoms with Gasteiger partial charge in [0.1, 0.15) is 0 Å². The highest BCUT2D eigenvalue weighted by Gasteiger charge is 2.07. The number of benzene rings is 1. The van der Waals surface area contributed by atoms with Crippen LogP contribution in [0.25, 0.3) is 0 Å². The smallest absolute Gasteiger partial charge is 0.0354 e. The van der Waals surface area contributed by atoms with Crippen molar-refractivity contribution >= 4 is 0 Å². The highest BCUT2D eigenvalue weighted by atomic mass is 14.9. The van der Waals surface area contributed by atoms with E-state index in [0.717, 1.165) is 13.0 Å². The summed E-state index contributed by atoms with van der Waals surface area (Å²) in [6.07, 6.45) is 4.13. The topological polar surface area (TPSA) is 12.0 Å². The van der Waals surface area contributed by atoms with Crippen molar-refractivity contribution in [1.82, 2.24) is 5.32 Å². The maximum absolute atomic E-state index is 3.81. The van der Waals surface area contributed by atoms with Gasteiger partial charge in [-0.2, -0.15) is 0 Å². The Balaban J connectivity index is 2.69. The predicted octanol–water partition coefficient (Wildman–Crippen LogP) is 3.61. The molecule has 1 nitrogen and oxygen atoms in total. The summed E-state index contributed by atoms with van der Waals surface area (Å²) < 4.78 is 0. The first kappa shape index (κ1) is 12.0. The predicted molar refractivity (Wildman–Crippen MR) is 67.0 cm³/mol. The van der Waals surface area contributed by atoms with Crippen molar-refractivity contribution in [2.45, 2.75) is 32.7 Å². The minimum Gasteiger partial charge on any atom is -0.310 e. The Hall–Kier alpha value is -1.08. The number of nitrogens with one attached hydrogen (secondary N) is 1. The van der Waals surface area contributed by atoms with Crippen LogP contribution in [0.15, 0.2) is 36.9 Å². The van der Waals surface area contributed by atoms with Gasteiger partial charge in [0.2, 0.25) is 0 Å². The fourth-order valence-electron chi connectivity index (χ4n) is 1.62. The van der Waals surface area contributed by atoms with Crippen molar-refractivity contribution in [2.24, 2.45) is 0 Å². The first-order chi connectivity index (χ1) is 7.27. The summed E-state index contributed by atoms with van der Waals surface area (Å²) in [5.41, 5.74) is 2.67. The normalized spacial score (nSPS) is 12.4. The molecule has 1 aromatic rings. The lowest BCUT2D eigenvalue weighted by Crippen LogP contribution is -2.21. The van der Waals surface area contributed by atoms with Gasteiger partial charge in [0.15, 0.2) is 0 Å². The van der Waals surface area contributed by atoms with Crippen molar-refractivity contribution in [1.29, 1.82) is 0 Å². The summed E-state index contributed by atoms with van der Waals surface area (Å²) >= 11 is 0. The minimum atomic E-state index is 0.419. The number of rotatable bonds is 6. The lowest BCUT2D eigenvalue weighted by Gasteiger charge is -2.17. The molecule has 1 atom stereocenters. The molecular formula is C14H21N. The van der Waals surface area contributed by atoms with E-state index in [0.29, 0.717) is 6.04 Å². The van der Waals surface area contributed by atoms with E-state index in [1.807, 2.05) is 6.08 Å². The molecule has 15 heavy (non-hydrogen) atoms. The molecule has 0 saturated heterocycles. The van der Waals surface area contributed by atoms with Crippen LogP contribution in [0.4, 0.5) is 0 Å². The lowest BCUT2D eigenvalue weighted by atomic mass is 10.0. The van der Waals surface area contributed by atoms with Gasteiger partial charge in [0.05, 0.1) is 0 Å². The van der Waals surface area contributed by atoms with Gasteiger partial charge in [-0.1, -0.05) is 42.8 Å². The molecule has 0 spiro atoms. The van der Waals surface area contributed by atoms with Gasteiger partial charge in [-0.05, 0) is 31.9 Å². The Morgan fingerprint density at radius 2 is 2.00 bits per heavy atom. The molecule has 0 aliphatic heterocycles. The second-order valence-electron chi connectivity index (χ2n) is 3.94. The van der Waals surface area contributed by atoms with Crippen LogP contribution in [-0.4, -0.2) is 6.54 Å². The fraction of sp³-hybridized carbons (Fsp3) is 0.429. The number of hydrogen-bond donors (Lipinski definition) is 1. The molecule has 1 N–H and O–H groups in total. The van der Waals surface area contributed by atoms with Crippen molar-refractivity contribution in [3.63, 3.8) is 0 Å². The quantitative estimate of drug-likeness (QED) is 0.696. The summed E-state index contributed by atoms with van der Waals surface area (Å²) in [7, 11) is 0. The van der Waals surface area contributed by atoms with Crippen LogP contribution in [0, 0.1) is 6.92 Å². The maximum atomic E-state index is 3.81. The van der Waals surface area contributed by atoms with Gasteiger partial charge in [0.25, 0.3) is 0 Å². The van der Waals surface area contributed by atoms with Crippen LogP contribution in [0.1, 0.15) is 36.9 Å². The fourth-order valence-corrected chi connectivity index (χ4v) is 1.62. The first-order valence-corrected chi connectivity index (χ1v) is 5.68. The third-order valence-electron chi connectivity index (χ3n) is 2.52. The Bertz CT molecular complexity index is 287. The van der Waals surface area contributed by atoms with Crippen LogP contribution in [0.5, 0.6) is 0 Å². The van der Waals surface area contributed by atoms with Crippen LogP contribution >= 0.6 is 0 Å². The molecule has 0 aromatic heterocycles. The van der Waals surface area contributed by atoms with Crippen LogP contribution in [0.2, 0.25) is 0 Å². The highest BCUT2D eigenvalue weighted by Crippen LogP contribution is 2.17. The minimum absolute atomic E-state index is 0.419. The summed E-state index contributed by atoms with van der Waals surface area (Å²) in [4.78, 5) is 0. The zero-order valence-electron chi connectivity index (χ0n) is 9.79. The molecular weight excluding hydrogens is 182 g/mol. The molecule has 0 bridgehead atoms. The average Bonchev–Trinajstić information content (AvgIpc) is 2.25. The Labute approximate surface area is 93.2 Å². The summed E-state index contributed by atoms with van der Waals surface area (Å²) in [5.74, 6) is 0. The second kappa shape index (κ2) is 6.41. The SMILES string of the molecule is C=CCC(NCCC)c1ccc(C)cc1. The molecule has 1 rings (SSSR count). The van der Waals surface area contributed by atoms with Gasteiger partial charge in [-0.3, -0.25) is 0 Å². The molecule has 1 heteroatoms. The standard InChI is InChI=1S/C14H21N/c1-4-6-14(15-11-5-2)13-9-7-12(3)8-10-13/h4,7-10,14-15H,1,5-6,11H2,2-3H3. The molecule has 0 saturated carbocycles. The van der Waals surface area contributed by atoms with E-state index >= 15 is 0 Å². The van der Waals surface area contributed by atoms with Crippen LogP contribution < -0.4 is 5.32 Å². The second-order valence-corrected chi connectivity index (χ2v) is 3.94. The van der Waals surface area contributed by atoms with Crippen LogP contribution in [0.3, 0.4) is 0 Å². The molecule has 0 amide bonds. The molecule has 0 radical (unpaired) electrons. The molecule has 1 unspecified atom stereocenters. The van der Waals surface area contributed by atoms with Gasteiger partial charge in [-0.25, -0.2) is 0 Å². The average molecular weight is 203 g/mol. The molecule has 82 valence electrons. The monoisotopic (exact) mass is 203 g/mol. The Kier molecular flexibility index (Phi) is 5.13. The maximum Gasteiger partial charge on any atom is 0.0354 e. The third kappa shape index (κ3) is 3.88. The molecule has 0 heterocycles. The van der Waals surface area contributed by atoms with Gasteiger partial charge in [-0.15, -0.1) is 6.58 Å². The summed E-state index contributed by atoms with van der Waals surface area (Å²) in [6.45, 7) is 9.18. The highest BCUT2D eigenvalue weighted by molar-refractivity contribution is 5.24. The Morgan fingerprint density at radius 1 is 1.33 bits per heavy atom. The van der Waals surface area contributed by atoms with Gasteiger partial charge in [0, 0.05) is 6.04 Å². The number of aryl methyl sites for hydroxylation is 1. The van der Waals surface area contributed by atoms with E-state index < -0.39 is 0 Å². The van der Waals surface area contributed by atoms with E-state index in [4.69, 9.17) is 0 Å². The van der Waals surface area contributed by atoms with E-state index in [-0.39, 0.29) is 0 Å². The zero-order chi connectivity index (χ0) is 11.1. The Morgan fingerprint density at radius 3 is 2.53 bits per heavy atom. The van der Waals surface area contributed by atoms with Crippen molar-refractivity contribution < 1.29 is 0 Å². The van der Waals surface area contributed by atoms with Crippen molar-refractivity contribution in [3.8, 4) is 0 Å². The summed E-state index contributed by atoms with van der Waals surface area (Å²) in [6, 6.07) is 9.15. The molecule has 0 aliphatic carbocycles.